The molecule has 1 N–H and O–H groups in total. The van der Waals surface area contributed by atoms with E-state index in [0.29, 0.717) is 19.1 Å². The second-order valence-electron chi connectivity index (χ2n) is 5.02. The Kier molecular flexibility index (Phi) is 6.32. The minimum Gasteiger partial charge on any atom is -0.481 e. The van der Waals surface area contributed by atoms with E-state index in [1.54, 1.807) is 6.92 Å². The highest BCUT2D eigenvalue weighted by atomic mass is 35.5. The number of carbonyl (C=O) groups is 1. The lowest BCUT2D eigenvalue weighted by Crippen LogP contribution is -2.37. The summed E-state index contributed by atoms with van der Waals surface area (Å²) in [7, 11) is 0. The number of benzene rings is 1. The maximum atomic E-state index is 11.0. The Bertz CT molecular complexity index is 422. The number of rotatable bonds is 7. The average molecular weight is 284 g/mol. The van der Waals surface area contributed by atoms with Crippen molar-refractivity contribution in [3.05, 3.63) is 34.9 Å². The van der Waals surface area contributed by atoms with Gasteiger partial charge in [0, 0.05) is 24.2 Å². The summed E-state index contributed by atoms with van der Waals surface area (Å²) >= 11 is 6.17. The smallest absolute Gasteiger partial charge is 0.307 e. The second kappa shape index (κ2) is 7.51. The molecule has 0 aliphatic heterocycles. The molecule has 1 aromatic carbocycles. The standard InChI is InChI=1S/C15H22ClNO2/c1-4-12(3)17(9-11(2)15(18)19)10-13-7-5-6-8-14(13)16/h5-8,11-12H,4,9-10H2,1-3H3,(H,18,19). The van der Waals surface area contributed by atoms with Gasteiger partial charge in [0.1, 0.15) is 0 Å². The molecule has 0 saturated carbocycles. The fourth-order valence-corrected chi connectivity index (χ4v) is 2.13. The van der Waals surface area contributed by atoms with Crippen molar-refractivity contribution >= 4 is 17.6 Å². The fourth-order valence-electron chi connectivity index (χ4n) is 1.93. The van der Waals surface area contributed by atoms with Crippen molar-refractivity contribution in [2.45, 2.75) is 39.8 Å². The summed E-state index contributed by atoms with van der Waals surface area (Å²) in [6.07, 6.45) is 0.983. The van der Waals surface area contributed by atoms with Crippen molar-refractivity contribution in [1.29, 1.82) is 0 Å². The molecule has 0 aliphatic carbocycles. The van der Waals surface area contributed by atoms with E-state index in [0.717, 1.165) is 17.0 Å². The molecule has 0 amide bonds. The summed E-state index contributed by atoms with van der Waals surface area (Å²) in [5.41, 5.74) is 1.04. The molecule has 3 nitrogen and oxygen atoms in total. The van der Waals surface area contributed by atoms with Gasteiger partial charge in [-0.3, -0.25) is 9.69 Å². The van der Waals surface area contributed by atoms with Crippen molar-refractivity contribution in [1.82, 2.24) is 4.90 Å². The van der Waals surface area contributed by atoms with Gasteiger partial charge < -0.3 is 5.11 Å². The van der Waals surface area contributed by atoms with Gasteiger partial charge in [0.25, 0.3) is 0 Å². The van der Waals surface area contributed by atoms with Crippen molar-refractivity contribution in [3.8, 4) is 0 Å². The van der Waals surface area contributed by atoms with Crippen LogP contribution in [-0.4, -0.2) is 28.6 Å². The van der Waals surface area contributed by atoms with Gasteiger partial charge in [0.2, 0.25) is 0 Å². The zero-order valence-corrected chi connectivity index (χ0v) is 12.5. The Hall–Kier alpha value is -1.06. The van der Waals surface area contributed by atoms with Gasteiger partial charge in [-0.25, -0.2) is 0 Å². The first-order valence-electron chi connectivity index (χ1n) is 6.66. The van der Waals surface area contributed by atoms with Crippen LogP contribution in [0.15, 0.2) is 24.3 Å². The second-order valence-corrected chi connectivity index (χ2v) is 5.42. The third-order valence-corrected chi connectivity index (χ3v) is 3.84. The third-order valence-electron chi connectivity index (χ3n) is 3.48. The van der Waals surface area contributed by atoms with Crippen molar-refractivity contribution in [3.63, 3.8) is 0 Å². The summed E-state index contributed by atoms with van der Waals surface area (Å²) in [5.74, 6) is -1.14. The Morgan fingerprint density at radius 1 is 1.37 bits per heavy atom. The molecule has 4 heteroatoms. The van der Waals surface area contributed by atoms with Crippen LogP contribution in [-0.2, 0) is 11.3 Å². The summed E-state index contributed by atoms with van der Waals surface area (Å²) < 4.78 is 0. The molecule has 2 unspecified atom stereocenters. The van der Waals surface area contributed by atoms with E-state index in [4.69, 9.17) is 16.7 Å². The Balaban J connectivity index is 2.81. The number of nitrogens with zero attached hydrogens (tertiary/aromatic N) is 1. The molecular weight excluding hydrogens is 262 g/mol. The molecule has 0 radical (unpaired) electrons. The number of hydrogen-bond donors (Lipinski definition) is 1. The van der Waals surface area contributed by atoms with E-state index < -0.39 is 5.97 Å². The molecule has 19 heavy (non-hydrogen) atoms. The van der Waals surface area contributed by atoms with Crippen LogP contribution in [0.1, 0.15) is 32.8 Å². The molecule has 0 aromatic heterocycles. The third kappa shape index (κ3) is 4.84. The van der Waals surface area contributed by atoms with Crippen LogP contribution in [0.2, 0.25) is 5.02 Å². The lowest BCUT2D eigenvalue weighted by Gasteiger charge is -2.30. The van der Waals surface area contributed by atoms with E-state index in [1.807, 2.05) is 24.3 Å². The number of halogens is 1. The SMILES string of the molecule is CCC(C)N(Cc1ccccc1Cl)CC(C)C(=O)O. The highest BCUT2D eigenvalue weighted by Crippen LogP contribution is 2.20. The highest BCUT2D eigenvalue weighted by molar-refractivity contribution is 6.31. The predicted octanol–water partition coefficient (Wildman–Crippen LogP) is 3.66. The molecule has 0 spiro atoms. The summed E-state index contributed by atoms with van der Waals surface area (Å²) in [5, 5.41) is 9.79. The van der Waals surface area contributed by atoms with E-state index in [9.17, 15) is 4.79 Å². The van der Waals surface area contributed by atoms with Gasteiger partial charge in [0.05, 0.1) is 5.92 Å². The Morgan fingerprint density at radius 3 is 2.53 bits per heavy atom. The minimum absolute atomic E-state index is 0.332. The molecule has 0 aliphatic rings. The lowest BCUT2D eigenvalue weighted by atomic mass is 10.1. The quantitative estimate of drug-likeness (QED) is 0.830. The van der Waals surface area contributed by atoms with Crippen LogP contribution in [0, 0.1) is 5.92 Å². The van der Waals surface area contributed by atoms with Gasteiger partial charge in [-0.2, -0.15) is 0 Å². The van der Waals surface area contributed by atoms with E-state index in [2.05, 4.69) is 18.7 Å². The van der Waals surface area contributed by atoms with Crippen LogP contribution >= 0.6 is 11.6 Å². The molecule has 0 bridgehead atoms. The number of carboxylic acid groups (broad SMARTS) is 1. The molecule has 1 rings (SSSR count). The molecule has 106 valence electrons. The van der Waals surface area contributed by atoms with Crippen LogP contribution in [0.5, 0.6) is 0 Å². The maximum absolute atomic E-state index is 11.0. The van der Waals surface area contributed by atoms with Gasteiger partial charge >= 0.3 is 5.97 Å². The average Bonchev–Trinajstić information content (AvgIpc) is 2.39. The first-order chi connectivity index (χ1) is 8.95. The van der Waals surface area contributed by atoms with E-state index >= 15 is 0 Å². The van der Waals surface area contributed by atoms with Gasteiger partial charge in [-0.15, -0.1) is 0 Å². The maximum Gasteiger partial charge on any atom is 0.307 e. The molecule has 1 aromatic rings. The Labute approximate surface area is 120 Å². The monoisotopic (exact) mass is 283 g/mol. The summed E-state index contributed by atoms with van der Waals surface area (Å²) in [6.45, 7) is 7.19. The van der Waals surface area contributed by atoms with Crippen LogP contribution in [0.3, 0.4) is 0 Å². The fraction of sp³-hybridized carbons (Fsp3) is 0.533. The number of carboxylic acids is 1. The normalized spacial score (nSPS) is 14.4. The van der Waals surface area contributed by atoms with Gasteiger partial charge in [-0.05, 0) is 25.0 Å². The predicted molar refractivity (Wildman–Crippen MR) is 78.4 cm³/mol. The molecular formula is C15H22ClNO2. The van der Waals surface area contributed by atoms with Gasteiger partial charge in [0.15, 0.2) is 0 Å². The first-order valence-corrected chi connectivity index (χ1v) is 7.03. The zero-order chi connectivity index (χ0) is 14.4. The molecule has 0 heterocycles. The van der Waals surface area contributed by atoms with Crippen LogP contribution in [0.4, 0.5) is 0 Å². The van der Waals surface area contributed by atoms with Crippen molar-refractivity contribution in [2.75, 3.05) is 6.54 Å². The zero-order valence-electron chi connectivity index (χ0n) is 11.8. The Morgan fingerprint density at radius 2 is 2.00 bits per heavy atom. The van der Waals surface area contributed by atoms with E-state index in [-0.39, 0.29) is 5.92 Å². The van der Waals surface area contributed by atoms with E-state index in [1.165, 1.54) is 0 Å². The molecule has 2 atom stereocenters. The number of aliphatic carboxylic acids is 1. The number of hydrogen-bond acceptors (Lipinski definition) is 2. The van der Waals surface area contributed by atoms with Crippen molar-refractivity contribution in [2.24, 2.45) is 5.92 Å². The molecule has 0 saturated heterocycles. The molecule has 0 fully saturated rings. The van der Waals surface area contributed by atoms with Crippen LogP contribution in [0.25, 0.3) is 0 Å². The first kappa shape index (κ1) is 16.0. The van der Waals surface area contributed by atoms with Crippen LogP contribution < -0.4 is 0 Å². The van der Waals surface area contributed by atoms with Gasteiger partial charge in [-0.1, -0.05) is 43.6 Å². The minimum atomic E-state index is -0.757. The largest absolute Gasteiger partial charge is 0.481 e. The summed E-state index contributed by atoms with van der Waals surface area (Å²) in [4.78, 5) is 13.2. The topological polar surface area (TPSA) is 40.5 Å². The lowest BCUT2D eigenvalue weighted by molar-refractivity contribution is -0.142. The highest BCUT2D eigenvalue weighted by Gasteiger charge is 2.20. The van der Waals surface area contributed by atoms with Crippen molar-refractivity contribution < 1.29 is 9.90 Å². The summed E-state index contributed by atoms with van der Waals surface area (Å²) in [6, 6.07) is 8.05.